The Bertz CT molecular complexity index is 1090. The summed E-state index contributed by atoms with van der Waals surface area (Å²) in [7, 11) is 3.01. The van der Waals surface area contributed by atoms with E-state index in [0.717, 1.165) is 22.6 Å². The molecule has 0 saturated carbocycles. The first-order valence-electron chi connectivity index (χ1n) is 8.83. The van der Waals surface area contributed by atoms with Crippen molar-refractivity contribution in [2.75, 3.05) is 19.5 Å². The molecule has 0 fully saturated rings. The minimum Gasteiger partial charge on any atom is -0.496 e. The maximum absolute atomic E-state index is 13.7. The molecule has 6 nitrogen and oxygen atoms in total. The predicted molar refractivity (Wildman–Crippen MR) is 111 cm³/mol. The zero-order valence-electron chi connectivity index (χ0n) is 16.5. The minimum absolute atomic E-state index is 0.0840. The average Bonchev–Trinajstić information content (AvgIpc) is 2.65. The van der Waals surface area contributed by atoms with E-state index in [9.17, 15) is 9.18 Å². The van der Waals surface area contributed by atoms with Gasteiger partial charge in [-0.15, -0.1) is 0 Å². The fraction of sp³-hybridized carbons (Fsp3) is 0.238. The Morgan fingerprint density at radius 3 is 2.45 bits per heavy atom. The van der Waals surface area contributed by atoms with Gasteiger partial charge >= 0.3 is 5.56 Å². The van der Waals surface area contributed by atoms with E-state index in [2.05, 4.69) is 10.3 Å². The first-order chi connectivity index (χ1) is 13.8. The second-order valence-corrected chi connectivity index (χ2v) is 7.04. The molecule has 0 radical (unpaired) electrons. The van der Waals surface area contributed by atoms with E-state index in [0.29, 0.717) is 11.5 Å². The summed E-state index contributed by atoms with van der Waals surface area (Å²) in [6.45, 7) is 4.08. The van der Waals surface area contributed by atoms with Crippen LogP contribution in [0.3, 0.4) is 0 Å². The fourth-order valence-electron chi connectivity index (χ4n) is 3.00. The molecule has 0 atom stereocenters. The topological polar surface area (TPSA) is 65.4 Å². The molecule has 0 bridgehead atoms. The van der Waals surface area contributed by atoms with E-state index in [1.54, 1.807) is 17.7 Å². The van der Waals surface area contributed by atoms with Crippen LogP contribution in [0.15, 0.2) is 41.3 Å². The summed E-state index contributed by atoms with van der Waals surface area (Å²) in [5, 5.41) is 3.48. The molecule has 0 spiro atoms. The molecule has 1 N–H and O–H groups in total. The van der Waals surface area contributed by atoms with Gasteiger partial charge in [0, 0.05) is 10.7 Å². The second-order valence-electron chi connectivity index (χ2n) is 6.61. The molecule has 1 aromatic heterocycles. The number of rotatable bonds is 6. The van der Waals surface area contributed by atoms with Crippen molar-refractivity contribution < 1.29 is 13.9 Å². The summed E-state index contributed by atoms with van der Waals surface area (Å²) < 4.78 is 25.9. The van der Waals surface area contributed by atoms with Gasteiger partial charge in [-0.2, -0.15) is 4.98 Å². The van der Waals surface area contributed by atoms with Crippen molar-refractivity contribution in [3.8, 4) is 11.5 Å². The van der Waals surface area contributed by atoms with Gasteiger partial charge in [0.25, 0.3) is 0 Å². The number of hydrogen-bond acceptors (Lipinski definition) is 5. The van der Waals surface area contributed by atoms with Crippen LogP contribution in [0.5, 0.6) is 11.5 Å². The van der Waals surface area contributed by atoms with Crippen LogP contribution in [0, 0.1) is 19.7 Å². The summed E-state index contributed by atoms with van der Waals surface area (Å²) in [6, 6.07) is 8.08. The number of halogens is 2. The van der Waals surface area contributed by atoms with Gasteiger partial charge in [0.05, 0.1) is 27.0 Å². The first-order valence-corrected chi connectivity index (χ1v) is 9.21. The van der Waals surface area contributed by atoms with E-state index in [1.165, 1.54) is 25.4 Å². The second kappa shape index (κ2) is 8.53. The van der Waals surface area contributed by atoms with Crippen LogP contribution in [0.25, 0.3) is 0 Å². The quantitative estimate of drug-likeness (QED) is 0.641. The monoisotopic (exact) mass is 417 g/mol. The molecule has 3 rings (SSSR count). The van der Waals surface area contributed by atoms with E-state index in [1.807, 2.05) is 26.0 Å². The first kappa shape index (κ1) is 20.7. The summed E-state index contributed by atoms with van der Waals surface area (Å²) >= 11 is 5.97. The smallest absolute Gasteiger partial charge is 0.316 e. The predicted octanol–water partition coefficient (Wildman–Crippen LogP) is 4.46. The highest BCUT2D eigenvalue weighted by molar-refractivity contribution is 6.30. The molecular formula is C21H21ClFN3O3. The number of aromatic nitrogens is 2. The van der Waals surface area contributed by atoms with Crippen molar-refractivity contribution in [2.24, 2.45) is 0 Å². The van der Waals surface area contributed by atoms with Crippen LogP contribution in [-0.2, 0) is 6.54 Å². The normalized spacial score (nSPS) is 10.7. The van der Waals surface area contributed by atoms with Gasteiger partial charge in [-0.05, 0) is 60.9 Å². The molecule has 0 saturated heterocycles. The Morgan fingerprint density at radius 2 is 1.79 bits per heavy atom. The van der Waals surface area contributed by atoms with Crippen LogP contribution < -0.4 is 20.3 Å². The summed E-state index contributed by atoms with van der Waals surface area (Å²) in [4.78, 5) is 16.3. The van der Waals surface area contributed by atoms with Crippen LogP contribution >= 0.6 is 11.6 Å². The molecule has 3 aromatic rings. The van der Waals surface area contributed by atoms with Crippen LogP contribution in [0.1, 0.15) is 16.7 Å². The lowest BCUT2D eigenvalue weighted by molar-refractivity contribution is 0.402. The molecule has 0 unspecified atom stereocenters. The van der Waals surface area contributed by atoms with Crippen LogP contribution in [0.2, 0.25) is 5.02 Å². The molecule has 1 heterocycles. The van der Waals surface area contributed by atoms with Crippen LogP contribution in [0.4, 0.5) is 16.0 Å². The molecular weight excluding hydrogens is 397 g/mol. The lowest BCUT2D eigenvalue weighted by atomic mass is 10.1. The Balaban J connectivity index is 2.05. The van der Waals surface area contributed by atoms with Gasteiger partial charge in [-0.3, -0.25) is 4.79 Å². The third-order valence-corrected chi connectivity index (χ3v) is 4.67. The lowest BCUT2D eigenvalue weighted by Gasteiger charge is -2.17. The van der Waals surface area contributed by atoms with Crippen molar-refractivity contribution in [1.29, 1.82) is 0 Å². The van der Waals surface area contributed by atoms with E-state index >= 15 is 0 Å². The van der Waals surface area contributed by atoms with Crippen molar-refractivity contribution in [3.05, 3.63) is 74.4 Å². The van der Waals surface area contributed by atoms with Gasteiger partial charge in [-0.1, -0.05) is 11.6 Å². The zero-order chi connectivity index (χ0) is 21.1. The van der Waals surface area contributed by atoms with E-state index < -0.39 is 11.4 Å². The Morgan fingerprint density at radius 1 is 1.07 bits per heavy atom. The molecule has 0 amide bonds. The Hall–Kier alpha value is -3.06. The Labute approximate surface area is 172 Å². The molecule has 2 aromatic carbocycles. The molecule has 0 aliphatic heterocycles. The third kappa shape index (κ3) is 4.68. The van der Waals surface area contributed by atoms with Crippen LogP contribution in [-0.4, -0.2) is 23.8 Å². The number of ether oxygens (including phenoxy) is 2. The summed E-state index contributed by atoms with van der Waals surface area (Å²) in [5.41, 5.74) is 2.73. The van der Waals surface area contributed by atoms with Crippen molar-refractivity contribution >= 4 is 23.2 Å². The van der Waals surface area contributed by atoms with Gasteiger partial charge < -0.3 is 19.4 Å². The average molecular weight is 418 g/mol. The van der Waals surface area contributed by atoms with Gasteiger partial charge in [0.2, 0.25) is 11.7 Å². The largest absolute Gasteiger partial charge is 0.496 e. The maximum atomic E-state index is 13.7. The van der Waals surface area contributed by atoms with E-state index in [-0.39, 0.29) is 17.3 Å². The van der Waals surface area contributed by atoms with Gasteiger partial charge in [0.1, 0.15) is 11.6 Å². The van der Waals surface area contributed by atoms with Crippen molar-refractivity contribution in [2.45, 2.75) is 20.4 Å². The lowest BCUT2D eigenvalue weighted by Crippen LogP contribution is -2.19. The number of nitrogens with one attached hydrogen (secondary N) is 1. The number of anilines is 2. The number of methoxy groups -OCH3 is 2. The SMILES string of the molecule is COc1cc(C)c(Nc2nc(=O)c(OC)cn2Cc2cc(F)cc(Cl)c2)cc1C. The highest BCUT2D eigenvalue weighted by Crippen LogP contribution is 2.28. The summed E-state index contributed by atoms with van der Waals surface area (Å²) in [6.07, 6.45) is 1.53. The third-order valence-electron chi connectivity index (χ3n) is 4.45. The number of hydrogen-bond donors (Lipinski definition) is 1. The van der Waals surface area contributed by atoms with Crippen molar-refractivity contribution in [3.63, 3.8) is 0 Å². The fourth-order valence-corrected chi connectivity index (χ4v) is 3.24. The minimum atomic E-state index is -0.508. The highest BCUT2D eigenvalue weighted by Gasteiger charge is 2.13. The molecule has 0 aliphatic rings. The van der Waals surface area contributed by atoms with Gasteiger partial charge in [-0.25, -0.2) is 4.39 Å². The number of aryl methyl sites for hydroxylation is 2. The Kier molecular flexibility index (Phi) is 6.08. The zero-order valence-corrected chi connectivity index (χ0v) is 17.3. The molecule has 0 aliphatic carbocycles. The molecule has 152 valence electrons. The van der Waals surface area contributed by atoms with Gasteiger partial charge in [0.15, 0.2) is 0 Å². The maximum Gasteiger partial charge on any atom is 0.316 e. The molecule has 29 heavy (non-hydrogen) atoms. The highest BCUT2D eigenvalue weighted by atomic mass is 35.5. The van der Waals surface area contributed by atoms with Crippen molar-refractivity contribution in [1.82, 2.24) is 9.55 Å². The number of nitrogens with zero attached hydrogens (tertiary/aromatic N) is 2. The number of benzene rings is 2. The summed E-state index contributed by atoms with van der Waals surface area (Å²) in [5.74, 6) is 0.705. The van der Waals surface area contributed by atoms with E-state index in [4.69, 9.17) is 21.1 Å². The standard InChI is InChI=1S/C21H21ClFN3O3/c1-12-6-18(28-3)13(2)5-17(12)24-21-25-20(27)19(29-4)11-26(21)10-14-7-15(22)9-16(23)8-14/h5-9,11H,10H2,1-4H3,(H,24,25,27). The molecule has 8 heteroatoms.